The summed E-state index contributed by atoms with van der Waals surface area (Å²) in [5.41, 5.74) is -3.75. The van der Waals surface area contributed by atoms with Crippen molar-refractivity contribution >= 4 is 24.4 Å². The minimum atomic E-state index is -4.65. The van der Waals surface area contributed by atoms with Gasteiger partial charge in [-0.1, -0.05) is 12.1 Å². The van der Waals surface area contributed by atoms with Gasteiger partial charge in [-0.2, -0.15) is 13.2 Å². The van der Waals surface area contributed by atoms with E-state index in [1.54, 1.807) is 48.5 Å². The van der Waals surface area contributed by atoms with E-state index >= 15 is 0 Å². The van der Waals surface area contributed by atoms with Crippen molar-refractivity contribution in [3.8, 4) is 0 Å². The lowest BCUT2D eigenvalue weighted by atomic mass is 9.74. The number of carbonyl (C=O) groups excluding carboxylic acids is 1. The van der Waals surface area contributed by atoms with Crippen LogP contribution in [-0.2, 0) is 20.2 Å². The van der Waals surface area contributed by atoms with Gasteiger partial charge in [-0.05, 0) is 54.5 Å². The van der Waals surface area contributed by atoms with Gasteiger partial charge in [-0.25, -0.2) is 4.79 Å². The van der Waals surface area contributed by atoms with Crippen molar-refractivity contribution in [2.24, 2.45) is 0 Å². The monoisotopic (exact) mass is 387 g/mol. The second-order valence-corrected chi connectivity index (χ2v) is 8.48. The Morgan fingerprint density at radius 3 is 2.04 bits per heavy atom. The molecular formula is C18H25BF3NO4. The molecule has 0 atom stereocenters. The normalized spacial score (nSPS) is 19.1. The lowest BCUT2D eigenvalue weighted by molar-refractivity contribution is -0.136. The first kappa shape index (κ1) is 21.6. The van der Waals surface area contributed by atoms with E-state index in [-0.39, 0.29) is 11.2 Å². The number of amides is 1. The molecule has 0 aromatic heterocycles. The summed E-state index contributed by atoms with van der Waals surface area (Å²) in [6.45, 7) is 11.9. The molecular weight excluding hydrogens is 362 g/mol. The van der Waals surface area contributed by atoms with Crippen molar-refractivity contribution in [3.63, 3.8) is 0 Å². The van der Waals surface area contributed by atoms with Gasteiger partial charge < -0.3 is 14.0 Å². The molecule has 9 heteroatoms. The van der Waals surface area contributed by atoms with Gasteiger partial charge in [0.1, 0.15) is 5.60 Å². The molecule has 0 radical (unpaired) electrons. The Hall–Kier alpha value is -1.74. The Morgan fingerprint density at radius 1 is 1.07 bits per heavy atom. The molecule has 1 fully saturated rings. The Labute approximate surface area is 157 Å². The molecule has 27 heavy (non-hydrogen) atoms. The molecule has 1 aromatic carbocycles. The van der Waals surface area contributed by atoms with E-state index in [0.29, 0.717) is 0 Å². The standard InChI is InChI=1S/C18H25BF3NO4/c1-15(2,3)25-14(24)23-12-10-8-9-11(18(20,21)22)13(12)19-26-16(4,5)17(6,7)27-19/h8-10H,1-7H3,(H,23,24). The van der Waals surface area contributed by atoms with Crippen LogP contribution in [0.4, 0.5) is 23.7 Å². The molecule has 2 rings (SSSR count). The molecule has 0 aliphatic carbocycles. The predicted molar refractivity (Wildman–Crippen MR) is 97.0 cm³/mol. The number of hydrogen-bond acceptors (Lipinski definition) is 4. The highest BCUT2D eigenvalue weighted by Gasteiger charge is 2.54. The number of nitrogens with one attached hydrogen (secondary N) is 1. The predicted octanol–water partition coefficient (Wildman–Crippen LogP) is 4.35. The van der Waals surface area contributed by atoms with Crippen LogP contribution < -0.4 is 10.8 Å². The molecule has 1 aromatic rings. The average Bonchev–Trinajstić information content (AvgIpc) is 2.63. The Kier molecular flexibility index (Phi) is 5.35. The fourth-order valence-electron chi connectivity index (χ4n) is 2.55. The van der Waals surface area contributed by atoms with Gasteiger partial charge in [-0.15, -0.1) is 0 Å². The second-order valence-electron chi connectivity index (χ2n) is 8.48. The zero-order chi connectivity index (χ0) is 20.8. The van der Waals surface area contributed by atoms with Crippen molar-refractivity contribution in [1.82, 2.24) is 0 Å². The highest BCUT2D eigenvalue weighted by molar-refractivity contribution is 6.64. The van der Waals surface area contributed by atoms with Gasteiger partial charge in [0.25, 0.3) is 0 Å². The minimum absolute atomic E-state index is 0.0717. The lowest BCUT2D eigenvalue weighted by Crippen LogP contribution is -2.41. The summed E-state index contributed by atoms with van der Waals surface area (Å²) in [4.78, 5) is 12.1. The van der Waals surface area contributed by atoms with Gasteiger partial charge in [0, 0.05) is 11.2 Å². The highest BCUT2D eigenvalue weighted by Crippen LogP contribution is 2.39. The number of ether oxygens (including phenoxy) is 1. The third-order valence-electron chi connectivity index (χ3n) is 4.54. The molecule has 1 amide bonds. The Balaban J connectivity index is 2.49. The summed E-state index contributed by atoms with van der Waals surface area (Å²) in [6.07, 6.45) is -5.51. The van der Waals surface area contributed by atoms with Crippen molar-refractivity contribution < 1.29 is 32.0 Å². The second kappa shape index (κ2) is 6.70. The van der Waals surface area contributed by atoms with Gasteiger partial charge >= 0.3 is 19.4 Å². The van der Waals surface area contributed by atoms with Gasteiger partial charge in [0.15, 0.2) is 0 Å². The number of carbonyl (C=O) groups is 1. The smallest absolute Gasteiger partial charge is 0.444 e. The first-order valence-corrected chi connectivity index (χ1v) is 8.59. The first-order valence-electron chi connectivity index (χ1n) is 8.59. The van der Waals surface area contributed by atoms with Crippen molar-refractivity contribution in [2.75, 3.05) is 5.32 Å². The van der Waals surface area contributed by atoms with E-state index in [9.17, 15) is 18.0 Å². The zero-order valence-electron chi connectivity index (χ0n) is 16.6. The summed E-state index contributed by atoms with van der Waals surface area (Å²) in [7, 11) is -1.29. The number of rotatable bonds is 2. The van der Waals surface area contributed by atoms with E-state index < -0.39 is 41.8 Å². The summed E-state index contributed by atoms with van der Waals surface area (Å²) in [6, 6.07) is 3.50. The number of anilines is 1. The SMILES string of the molecule is CC(C)(C)OC(=O)Nc1cccc(C(F)(F)F)c1B1OC(C)(C)C(C)(C)O1. The average molecular weight is 387 g/mol. The third kappa shape index (κ3) is 4.76. The largest absolute Gasteiger partial charge is 0.497 e. The molecule has 5 nitrogen and oxygen atoms in total. The third-order valence-corrected chi connectivity index (χ3v) is 4.54. The fourth-order valence-corrected chi connectivity index (χ4v) is 2.55. The van der Waals surface area contributed by atoms with Crippen LogP contribution in [0.15, 0.2) is 18.2 Å². The molecule has 150 valence electrons. The zero-order valence-corrected chi connectivity index (χ0v) is 16.6. The van der Waals surface area contributed by atoms with Crippen LogP contribution >= 0.6 is 0 Å². The molecule has 1 N–H and O–H groups in total. The topological polar surface area (TPSA) is 56.8 Å². The van der Waals surface area contributed by atoms with Gasteiger partial charge in [0.05, 0.1) is 16.8 Å². The van der Waals surface area contributed by atoms with Crippen molar-refractivity contribution in [2.45, 2.75) is 71.4 Å². The van der Waals surface area contributed by atoms with Gasteiger partial charge in [0.2, 0.25) is 0 Å². The van der Waals surface area contributed by atoms with Crippen LogP contribution in [0.3, 0.4) is 0 Å². The number of hydrogen-bond donors (Lipinski definition) is 1. The lowest BCUT2D eigenvalue weighted by Gasteiger charge is -2.32. The molecule has 1 saturated heterocycles. The van der Waals surface area contributed by atoms with Crippen LogP contribution in [0, 0.1) is 0 Å². The summed E-state index contributed by atoms with van der Waals surface area (Å²) < 4.78 is 57.6. The Bertz CT molecular complexity index is 710. The maximum absolute atomic E-state index is 13.6. The van der Waals surface area contributed by atoms with Crippen LogP contribution in [0.2, 0.25) is 0 Å². The molecule has 1 aliphatic rings. The van der Waals surface area contributed by atoms with Crippen LogP contribution in [0.1, 0.15) is 54.0 Å². The molecule has 1 aliphatic heterocycles. The fraction of sp³-hybridized carbons (Fsp3) is 0.611. The molecule has 0 spiro atoms. The molecule has 0 unspecified atom stereocenters. The summed E-state index contributed by atoms with van der Waals surface area (Å²) in [5.74, 6) is 0. The quantitative estimate of drug-likeness (QED) is 0.767. The van der Waals surface area contributed by atoms with E-state index in [2.05, 4.69) is 5.32 Å². The molecule has 0 bridgehead atoms. The van der Waals surface area contributed by atoms with E-state index in [1.165, 1.54) is 12.1 Å². The van der Waals surface area contributed by atoms with E-state index in [0.717, 1.165) is 6.07 Å². The number of halogens is 3. The number of alkyl halides is 3. The van der Waals surface area contributed by atoms with Crippen molar-refractivity contribution in [3.05, 3.63) is 23.8 Å². The van der Waals surface area contributed by atoms with Crippen LogP contribution in [0.25, 0.3) is 0 Å². The van der Waals surface area contributed by atoms with Crippen LogP contribution in [0.5, 0.6) is 0 Å². The first-order chi connectivity index (χ1) is 12.0. The maximum Gasteiger partial charge on any atom is 0.497 e. The molecule has 1 heterocycles. The van der Waals surface area contributed by atoms with E-state index in [1.807, 2.05) is 0 Å². The molecule has 0 saturated carbocycles. The maximum atomic E-state index is 13.6. The Morgan fingerprint density at radius 2 is 1.59 bits per heavy atom. The van der Waals surface area contributed by atoms with Gasteiger partial charge in [-0.3, -0.25) is 5.32 Å². The van der Waals surface area contributed by atoms with Crippen LogP contribution in [-0.4, -0.2) is 30.0 Å². The van der Waals surface area contributed by atoms with E-state index in [4.69, 9.17) is 14.0 Å². The number of benzene rings is 1. The van der Waals surface area contributed by atoms with Crippen molar-refractivity contribution in [1.29, 1.82) is 0 Å². The highest BCUT2D eigenvalue weighted by atomic mass is 19.4. The summed E-state index contributed by atoms with van der Waals surface area (Å²) in [5, 5.41) is 2.39. The summed E-state index contributed by atoms with van der Waals surface area (Å²) >= 11 is 0. The minimum Gasteiger partial charge on any atom is -0.444 e.